The van der Waals surface area contributed by atoms with Crippen molar-refractivity contribution in [3.63, 3.8) is 0 Å². The Balaban J connectivity index is 2.15. The summed E-state index contributed by atoms with van der Waals surface area (Å²) in [6.45, 7) is -1.36. The molecular weight excluding hydrogens is 312 g/mol. The molecule has 0 radical (unpaired) electrons. The fourth-order valence-electron chi connectivity index (χ4n) is 2.20. The van der Waals surface area contributed by atoms with E-state index in [0.717, 1.165) is 6.07 Å². The molecule has 0 aromatic heterocycles. The lowest BCUT2D eigenvalue weighted by Crippen LogP contribution is -2.60. The Hall–Kier alpha value is -1.75. The number of phenols is 1. The van der Waals surface area contributed by atoms with Crippen molar-refractivity contribution in [1.82, 2.24) is 0 Å². The molecule has 0 spiro atoms. The Kier molecular flexibility index (Phi) is 5.52. The van der Waals surface area contributed by atoms with E-state index >= 15 is 0 Å². The van der Waals surface area contributed by atoms with E-state index in [0.29, 0.717) is 0 Å². The maximum absolute atomic E-state index is 11.3. The highest BCUT2D eigenvalue weighted by Gasteiger charge is 2.44. The Morgan fingerprint density at radius 3 is 2.39 bits per heavy atom. The van der Waals surface area contributed by atoms with Crippen LogP contribution >= 0.6 is 0 Å². The SMILES string of the molecule is O=C(CO)c1ccc(O[C@@H]2O[C@H](CO)[C@@H](O)[C@H](O)[C@H]2O)cc1O. The van der Waals surface area contributed by atoms with E-state index in [2.05, 4.69) is 0 Å². The topological polar surface area (TPSA) is 157 Å². The van der Waals surface area contributed by atoms with Gasteiger partial charge in [0, 0.05) is 6.07 Å². The van der Waals surface area contributed by atoms with Crippen molar-refractivity contribution < 1.29 is 44.9 Å². The lowest BCUT2D eigenvalue weighted by molar-refractivity contribution is -0.277. The molecule has 1 saturated heterocycles. The Morgan fingerprint density at radius 1 is 1.13 bits per heavy atom. The third-order valence-corrected chi connectivity index (χ3v) is 3.51. The third-order valence-electron chi connectivity index (χ3n) is 3.51. The minimum Gasteiger partial charge on any atom is -0.507 e. The first-order chi connectivity index (χ1) is 10.9. The maximum Gasteiger partial charge on any atom is 0.229 e. The van der Waals surface area contributed by atoms with E-state index in [9.17, 15) is 25.2 Å². The van der Waals surface area contributed by atoms with E-state index in [1.165, 1.54) is 12.1 Å². The second kappa shape index (κ2) is 7.21. The van der Waals surface area contributed by atoms with Crippen molar-refractivity contribution in [2.24, 2.45) is 0 Å². The molecule has 0 bridgehead atoms. The van der Waals surface area contributed by atoms with Gasteiger partial charge in [-0.2, -0.15) is 0 Å². The minimum absolute atomic E-state index is 0.0151. The van der Waals surface area contributed by atoms with Gasteiger partial charge in [0.1, 0.15) is 42.5 Å². The second-order valence-corrected chi connectivity index (χ2v) is 5.08. The highest BCUT2D eigenvalue weighted by atomic mass is 16.7. The summed E-state index contributed by atoms with van der Waals surface area (Å²) in [7, 11) is 0. The molecule has 1 aliphatic rings. The fourth-order valence-corrected chi connectivity index (χ4v) is 2.20. The zero-order chi connectivity index (χ0) is 17.1. The molecule has 0 aliphatic carbocycles. The number of aliphatic hydroxyl groups excluding tert-OH is 5. The molecule has 9 nitrogen and oxygen atoms in total. The monoisotopic (exact) mass is 330 g/mol. The van der Waals surface area contributed by atoms with Gasteiger partial charge >= 0.3 is 0 Å². The minimum atomic E-state index is -1.59. The van der Waals surface area contributed by atoms with Gasteiger partial charge in [0.05, 0.1) is 12.2 Å². The smallest absolute Gasteiger partial charge is 0.229 e. The first-order valence-corrected chi connectivity index (χ1v) is 6.83. The molecule has 23 heavy (non-hydrogen) atoms. The molecule has 1 aliphatic heterocycles. The van der Waals surface area contributed by atoms with Crippen LogP contribution in [0.5, 0.6) is 11.5 Å². The number of Topliss-reactive ketones (excluding diaryl/α,β-unsaturated/α-hetero) is 1. The average molecular weight is 330 g/mol. The van der Waals surface area contributed by atoms with Crippen LogP contribution in [-0.2, 0) is 4.74 Å². The lowest BCUT2D eigenvalue weighted by atomic mass is 9.99. The molecule has 2 rings (SSSR count). The maximum atomic E-state index is 11.3. The van der Waals surface area contributed by atoms with Crippen LogP contribution in [0.15, 0.2) is 18.2 Å². The van der Waals surface area contributed by atoms with Gasteiger partial charge in [-0.25, -0.2) is 0 Å². The van der Waals surface area contributed by atoms with E-state index < -0.39 is 55.5 Å². The van der Waals surface area contributed by atoms with Gasteiger partial charge in [0.15, 0.2) is 5.78 Å². The number of aliphatic hydroxyl groups is 5. The summed E-state index contributed by atoms with van der Waals surface area (Å²) in [5.41, 5.74) is -0.103. The predicted molar refractivity (Wildman–Crippen MR) is 73.9 cm³/mol. The highest BCUT2D eigenvalue weighted by Crippen LogP contribution is 2.28. The molecule has 0 amide bonds. The number of ketones is 1. The summed E-state index contributed by atoms with van der Waals surface area (Å²) in [6.07, 6.45) is -7.21. The standard InChI is InChI=1S/C14H18O9/c15-4-9(18)7-2-1-6(3-8(7)17)22-14-13(21)12(20)11(19)10(5-16)23-14/h1-3,10-17,19-21H,4-5H2/t10-,11-,12+,13-,14-/m1/s1. The number of aromatic hydroxyl groups is 1. The fraction of sp³-hybridized carbons (Fsp3) is 0.500. The molecule has 6 N–H and O–H groups in total. The van der Waals surface area contributed by atoms with Gasteiger partial charge in [-0.05, 0) is 12.1 Å². The normalized spacial score (nSPS) is 30.9. The molecular formula is C14H18O9. The molecule has 1 fully saturated rings. The van der Waals surface area contributed by atoms with Gasteiger partial charge < -0.3 is 40.1 Å². The quantitative estimate of drug-likeness (QED) is 0.328. The first-order valence-electron chi connectivity index (χ1n) is 6.83. The van der Waals surface area contributed by atoms with E-state index in [-0.39, 0.29) is 11.3 Å². The van der Waals surface area contributed by atoms with Gasteiger partial charge in [-0.15, -0.1) is 0 Å². The Labute approximate surface area is 130 Å². The van der Waals surface area contributed by atoms with Crippen molar-refractivity contribution in [3.8, 4) is 11.5 Å². The van der Waals surface area contributed by atoms with E-state index in [1.807, 2.05) is 0 Å². The van der Waals surface area contributed by atoms with Crippen LogP contribution in [0.2, 0.25) is 0 Å². The van der Waals surface area contributed by atoms with Crippen molar-refractivity contribution in [2.75, 3.05) is 13.2 Å². The van der Waals surface area contributed by atoms with Crippen LogP contribution in [-0.4, -0.2) is 80.3 Å². The number of hydrogen-bond acceptors (Lipinski definition) is 9. The summed E-state index contributed by atoms with van der Waals surface area (Å²) >= 11 is 0. The largest absolute Gasteiger partial charge is 0.507 e. The Bertz CT molecular complexity index is 559. The molecule has 5 atom stereocenters. The zero-order valence-corrected chi connectivity index (χ0v) is 11.9. The lowest BCUT2D eigenvalue weighted by Gasteiger charge is -2.39. The summed E-state index contributed by atoms with van der Waals surface area (Å²) in [4.78, 5) is 11.3. The molecule has 1 aromatic rings. The van der Waals surface area contributed by atoms with Crippen LogP contribution in [0.3, 0.4) is 0 Å². The number of carbonyl (C=O) groups excluding carboxylic acids is 1. The van der Waals surface area contributed by atoms with Crippen LogP contribution in [0.4, 0.5) is 0 Å². The van der Waals surface area contributed by atoms with Gasteiger partial charge in [-0.1, -0.05) is 0 Å². The number of benzene rings is 1. The number of carbonyl (C=O) groups is 1. The molecule has 1 heterocycles. The summed E-state index contributed by atoms with van der Waals surface area (Å²) in [6, 6.07) is 3.58. The molecule has 0 saturated carbocycles. The molecule has 9 heteroatoms. The van der Waals surface area contributed by atoms with Crippen molar-refractivity contribution >= 4 is 5.78 Å². The number of hydrogen-bond donors (Lipinski definition) is 6. The summed E-state index contributed by atoms with van der Waals surface area (Å²) in [5, 5.41) is 56.7. The predicted octanol–water partition coefficient (Wildman–Crippen LogP) is -2.25. The summed E-state index contributed by atoms with van der Waals surface area (Å²) in [5.74, 6) is -1.10. The number of rotatable bonds is 5. The van der Waals surface area contributed by atoms with Gasteiger partial charge in [0.25, 0.3) is 0 Å². The second-order valence-electron chi connectivity index (χ2n) is 5.08. The first kappa shape index (κ1) is 17.6. The van der Waals surface area contributed by atoms with E-state index in [1.54, 1.807) is 0 Å². The van der Waals surface area contributed by atoms with Crippen molar-refractivity contribution in [2.45, 2.75) is 30.7 Å². The summed E-state index contributed by atoms with van der Waals surface area (Å²) < 4.78 is 10.4. The van der Waals surface area contributed by atoms with Crippen LogP contribution in [0.1, 0.15) is 10.4 Å². The molecule has 0 unspecified atom stereocenters. The van der Waals surface area contributed by atoms with Gasteiger partial charge in [0.2, 0.25) is 6.29 Å². The van der Waals surface area contributed by atoms with Crippen LogP contribution in [0, 0.1) is 0 Å². The molecule has 1 aromatic carbocycles. The van der Waals surface area contributed by atoms with E-state index in [4.69, 9.17) is 19.7 Å². The number of phenolic OH excluding ortho intramolecular Hbond substituents is 1. The van der Waals surface area contributed by atoms with Crippen molar-refractivity contribution in [1.29, 1.82) is 0 Å². The van der Waals surface area contributed by atoms with Crippen molar-refractivity contribution in [3.05, 3.63) is 23.8 Å². The van der Waals surface area contributed by atoms with Crippen LogP contribution < -0.4 is 4.74 Å². The third kappa shape index (κ3) is 3.61. The zero-order valence-electron chi connectivity index (χ0n) is 11.9. The average Bonchev–Trinajstić information content (AvgIpc) is 2.54. The van der Waals surface area contributed by atoms with Gasteiger partial charge in [-0.3, -0.25) is 4.79 Å². The molecule has 128 valence electrons. The Morgan fingerprint density at radius 2 is 1.83 bits per heavy atom. The van der Waals surface area contributed by atoms with Crippen LogP contribution in [0.25, 0.3) is 0 Å². The number of ether oxygens (including phenoxy) is 2. The highest BCUT2D eigenvalue weighted by molar-refractivity contribution is 5.99.